The summed E-state index contributed by atoms with van der Waals surface area (Å²) in [6, 6.07) is 17.3. The van der Waals surface area contributed by atoms with Crippen LogP contribution in [-0.4, -0.2) is 35.8 Å². The zero-order valence-electron chi connectivity index (χ0n) is 18.9. The van der Waals surface area contributed by atoms with Crippen LogP contribution < -0.4 is 14.3 Å². The molecule has 0 aliphatic carbocycles. The topological polar surface area (TPSA) is 113 Å². The van der Waals surface area contributed by atoms with Crippen LogP contribution in [0.4, 0.5) is 11.4 Å². The summed E-state index contributed by atoms with van der Waals surface area (Å²) in [6.07, 6.45) is 0.470. The molecule has 0 bridgehead atoms. The number of hydrogen-bond donors (Lipinski definition) is 2. The first-order chi connectivity index (χ1) is 16.0. The maximum Gasteiger partial charge on any atom is 0.264 e. The maximum atomic E-state index is 13.2. The van der Waals surface area contributed by atoms with Gasteiger partial charge in [0.2, 0.25) is 10.0 Å². The molecule has 0 fully saturated rings. The zero-order valence-corrected chi connectivity index (χ0v) is 20.6. The van der Waals surface area contributed by atoms with Crippen LogP contribution in [0.5, 0.6) is 0 Å². The van der Waals surface area contributed by atoms with E-state index in [9.17, 15) is 21.6 Å². The lowest BCUT2D eigenvalue weighted by Crippen LogP contribution is -2.35. The van der Waals surface area contributed by atoms with Crippen LogP contribution in [-0.2, 0) is 26.5 Å². The summed E-state index contributed by atoms with van der Waals surface area (Å²) in [4.78, 5) is 13.2. The number of nitrogens with zero attached hydrogens (tertiary/aromatic N) is 1. The van der Waals surface area contributed by atoms with Crippen LogP contribution in [0.1, 0.15) is 28.4 Å². The molecule has 10 heteroatoms. The van der Waals surface area contributed by atoms with E-state index < -0.39 is 26.0 Å². The molecule has 3 aromatic rings. The molecule has 2 N–H and O–H groups in total. The van der Waals surface area contributed by atoms with Crippen molar-refractivity contribution >= 4 is 37.3 Å². The van der Waals surface area contributed by atoms with Crippen LogP contribution in [0.2, 0.25) is 0 Å². The van der Waals surface area contributed by atoms with Gasteiger partial charge in [0, 0.05) is 17.3 Å². The minimum atomic E-state index is -3.74. The first-order valence-electron chi connectivity index (χ1n) is 10.6. The summed E-state index contributed by atoms with van der Waals surface area (Å²) in [7, 11) is -6.08. The number of fused-ring (bicyclic) bond motifs is 1. The monoisotopic (exact) mass is 499 g/mol. The van der Waals surface area contributed by atoms with Crippen LogP contribution in [0.15, 0.2) is 76.5 Å². The number of sulfonamides is 2. The highest BCUT2D eigenvalue weighted by Crippen LogP contribution is 2.37. The molecule has 1 amide bonds. The molecule has 3 aromatic carbocycles. The van der Waals surface area contributed by atoms with Crippen LogP contribution in [0, 0.1) is 6.92 Å². The van der Waals surface area contributed by atoms with Crippen LogP contribution in [0.3, 0.4) is 0 Å². The Balaban J connectivity index is 1.63. The van der Waals surface area contributed by atoms with Crippen molar-refractivity contribution in [2.45, 2.75) is 36.1 Å². The van der Waals surface area contributed by atoms with Crippen LogP contribution in [0.25, 0.3) is 0 Å². The fourth-order valence-electron chi connectivity index (χ4n) is 4.03. The predicted molar refractivity (Wildman–Crippen MR) is 131 cm³/mol. The van der Waals surface area contributed by atoms with Crippen molar-refractivity contribution in [3.63, 3.8) is 0 Å². The number of aryl methyl sites for hydroxylation is 1. The number of carbonyl (C=O) groups is 1. The fourth-order valence-corrected chi connectivity index (χ4v) is 6.50. The van der Waals surface area contributed by atoms with Gasteiger partial charge in [0.15, 0.2) is 0 Å². The summed E-state index contributed by atoms with van der Waals surface area (Å²) in [5.74, 6) is -0.415. The van der Waals surface area contributed by atoms with E-state index in [4.69, 9.17) is 0 Å². The van der Waals surface area contributed by atoms with Gasteiger partial charge in [-0.1, -0.05) is 24.3 Å². The van der Waals surface area contributed by atoms with Gasteiger partial charge in [0.1, 0.15) is 0 Å². The lowest BCUT2D eigenvalue weighted by atomic mass is 10.1. The molecule has 8 nitrogen and oxygen atoms in total. The Kier molecular flexibility index (Phi) is 6.24. The highest BCUT2D eigenvalue weighted by molar-refractivity contribution is 7.93. The first kappa shape index (κ1) is 23.9. The molecule has 4 rings (SSSR count). The summed E-state index contributed by atoms with van der Waals surface area (Å²) >= 11 is 0. The molecule has 0 saturated heterocycles. The SMILES string of the molecule is CNS(=O)(=O)c1ccc(C)c(NC(=O)c2ccc3c(c2)CC(C)N3S(=O)(=O)c2ccccc2)c1. The van der Waals surface area contributed by atoms with Gasteiger partial charge >= 0.3 is 0 Å². The Labute approximate surface area is 199 Å². The van der Waals surface area contributed by atoms with Crippen molar-refractivity contribution in [1.82, 2.24) is 4.72 Å². The number of carbonyl (C=O) groups excluding carboxylic acids is 1. The molecule has 0 aromatic heterocycles. The Morgan fingerprint density at radius 3 is 2.32 bits per heavy atom. The van der Waals surface area contributed by atoms with Gasteiger partial charge in [-0.15, -0.1) is 0 Å². The van der Waals surface area contributed by atoms with Crippen molar-refractivity contribution in [2.24, 2.45) is 0 Å². The van der Waals surface area contributed by atoms with E-state index in [2.05, 4.69) is 10.0 Å². The van der Waals surface area contributed by atoms with Gasteiger partial charge in [0.05, 0.1) is 15.5 Å². The molecule has 1 aliphatic heterocycles. The largest absolute Gasteiger partial charge is 0.322 e. The number of anilines is 2. The van der Waals surface area contributed by atoms with Gasteiger partial charge in [-0.2, -0.15) is 0 Å². The molecule has 1 unspecified atom stereocenters. The smallest absolute Gasteiger partial charge is 0.264 e. The van der Waals surface area contributed by atoms with Crippen molar-refractivity contribution < 1.29 is 21.6 Å². The lowest BCUT2D eigenvalue weighted by Gasteiger charge is -2.24. The van der Waals surface area contributed by atoms with Crippen molar-refractivity contribution in [2.75, 3.05) is 16.7 Å². The van der Waals surface area contributed by atoms with Gasteiger partial charge in [-0.05, 0) is 80.9 Å². The summed E-state index contributed by atoms with van der Waals surface area (Å²) in [5, 5.41) is 2.77. The number of benzene rings is 3. The molecule has 0 saturated carbocycles. The molecule has 1 aliphatic rings. The van der Waals surface area contributed by atoms with Gasteiger partial charge in [-0.25, -0.2) is 21.6 Å². The average molecular weight is 500 g/mol. The molecule has 1 heterocycles. The zero-order chi connectivity index (χ0) is 24.7. The summed E-state index contributed by atoms with van der Waals surface area (Å²) < 4.78 is 54.4. The third kappa shape index (κ3) is 4.31. The standard InChI is InChI=1S/C24H25N3O5S2/c1-16-9-11-21(33(29,30)25-3)15-22(16)26-24(28)18-10-12-23-19(14-18)13-17(2)27(23)34(31,32)20-7-5-4-6-8-20/h4-12,14-15,17,25H,13H2,1-3H3,(H,26,28). The highest BCUT2D eigenvalue weighted by atomic mass is 32.2. The second-order valence-electron chi connectivity index (χ2n) is 8.15. The first-order valence-corrected chi connectivity index (χ1v) is 13.5. The number of hydrogen-bond acceptors (Lipinski definition) is 5. The summed E-state index contributed by atoms with van der Waals surface area (Å²) in [5.41, 5.74) is 2.74. The Hall–Kier alpha value is -3.21. The van der Waals surface area contributed by atoms with E-state index in [1.54, 1.807) is 61.5 Å². The number of amides is 1. The number of rotatable bonds is 6. The van der Waals surface area contributed by atoms with Crippen molar-refractivity contribution in [1.29, 1.82) is 0 Å². The Bertz CT molecular complexity index is 1470. The average Bonchev–Trinajstić information content (AvgIpc) is 3.16. The summed E-state index contributed by atoms with van der Waals surface area (Å²) in [6.45, 7) is 3.60. The van der Waals surface area contributed by atoms with E-state index in [-0.39, 0.29) is 15.8 Å². The third-order valence-electron chi connectivity index (χ3n) is 5.83. The molecule has 0 spiro atoms. The Morgan fingerprint density at radius 1 is 0.941 bits per heavy atom. The van der Waals surface area contributed by atoms with Gasteiger partial charge < -0.3 is 5.32 Å². The molecule has 1 atom stereocenters. The number of nitrogens with one attached hydrogen (secondary N) is 2. The van der Waals surface area contributed by atoms with E-state index in [1.807, 2.05) is 6.92 Å². The Morgan fingerprint density at radius 2 is 1.65 bits per heavy atom. The lowest BCUT2D eigenvalue weighted by molar-refractivity contribution is 0.102. The van der Waals surface area contributed by atoms with E-state index in [0.717, 1.165) is 5.56 Å². The molecule has 178 valence electrons. The molecular formula is C24H25N3O5S2. The fraction of sp³-hybridized carbons (Fsp3) is 0.208. The second kappa shape index (κ2) is 8.86. The second-order valence-corrected chi connectivity index (χ2v) is 11.9. The highest BCUT2D eigenvalue weighted by Gasteiger charge is 2.36. The predicted octanol–water partition coefficient (Wildman–Crippen LogP) is 3.30. The normalized spacial score (nSPS) is 15.7. The third-order valence-corrected chi connectivity index (χ3v) is 9.19. The maximum absolute atomic E-state index is 13.2. The van der Waals surface area contributed by atoms with E-state index >= 15 is 0 Å². The van der Waals surface area contributed by atoms with Crippen molar-refractivity contribution in [3.8, 4) is 0 Å². The molecule has 34 heavy (non-hydrogen) atoms. The van der Waals surface area contributed by atoms with Gasteiger partial charge in [-0.3, -0.25) is 9.10 Å². The molecule has 0 radical (unpaired) electrons. The van der Waals surface area contributed by atoms with Crippen molar-refractivity contribution in [3.05, 3.63) is 83.4 Å². The van der Waals surface area contributed by atoms with Gasteiger partial charge in [0.25, 0.3) is 15.9 Å². The van der Waals surface area contributed by atoms with E-state index in [1.165, 1.54) is 23.5 Å². The minimum absolute atomic E-state index is 0.0421. The minimum Gasteiger partial charge on any atom is -0.322 e. The van der Waals surface area contributed by atoms with E-state index in [0.29, 0.717) is 28.9 Å². The molecular weight excluding hydrogens is 474 g/mol. The quantitative estimate of drug-likeness (QED) is 0.540. The van der Waals surface area contributed by atoms with Crippen LogP contribution >= 0.6 is 0 Å².